The van der Waals surface area contributed by atoms with Gasteiger partial charge in [-0.1, -0.05) is 12.1 Å². The van der Waals surface area contributed by atoms with Gasteiger partial charge in [-0.3, -0.25) is 9.59 Å². The van der Waals surface area contributed by atoms with Gasteiger partial charge in [0.1, 0.15) is 11.5 Å². The Bertz CT molecular complexity index is 1800. The number of ether oxygens (including phenoxy) is 4. The number of amides is 2. The van der Waals surface area contributed by atoms with E-state index in [9.17, 15) is 19.8 Å². The van der Waals surface area contributed by atoms with E-state index in [1.165, 1.54) is 0 Å². The lowest BCUT2D eigenvalue weighted by Crippen LogP contribution is -2.39. The van der Waals surface area contributed by atoms with Crippen molar-refractivity contribution in [2.24, 2.45) is 0 Å². The number of phenols is 2. The summed E-state index contributed by atoms with van der Waals surface area (Å²) in [4.78, 5) is 29.4. The van der Waals surface area contributed by atoms with Crippen molar-refractivity contribution in [2.75, 3.05) is 41.5 Å². The number of fused-ring (bicyclic) bond motifs is 2. The first-order chi connectivity index (χ1) is 24.1. The molecule has 50 heavy (non-hydrogen) atoms. The molecule has 0 bridgehead atoms. The second-order valence-corrected chi connectivity index (χ2v) is 12.9. The van der Waals surface area contributed by atoms with Crippen molar-refractivity contribution < 1.29 is 38.7 Å². The van der Waals surface area contributed by atoms with Crippen LogP contribution >= 0.6 is 0 Å². The zero-order valence-electron chi connectivity index (χ0n) is 29.4. The Labute approximate surface area is 292 Å². The first kappa shape index (κ1) is 34.5. The van der Waals surface area contributed by atoms with E-state index in [2.05, 4.69) is 0 Å². The van der Waals surface area contributed by atoms with Gasteiger partial charge in [-0.05, 0) is 108 Å². The number of rotatable bonds is 9. The van der Waals surface area contributed by atoms with E-state index in [1.54, 1.807) is 54.4 Å². The summed E-state index contributed by atoms with van der Waals surface area (Å²) in [6.07, 6.45) is 2.35. The van der Waals surface area contributed by atoms with Crippen LogP contribution in [-0.4, -0.2) is 73.4 Å². The number of hydrogen-bond donors (Lipinski definition) is 2. The van der Waals surface area contributed by atoms with E-state index in [1.807, 2.05) is 58.3 Å². The molecule has 6 rings (SSSR count). The largest absolute Gasteiger partial charge is 0.507 e. The Morgan fingerprint density at radius 3 is 1.30 bits per heavy atom. The van der Waals surface area contributed by atoms with Crippen LogP contribution in [0.2, 0.25) is 0 Å². The maximum atomic E-state index is 12.8. The van der Waals surface area contributed by atoms with Crippen molar-refractivity contribution in [1.82, 2.24) is 9.80 Å². The van der Waals surface area contributed by atoms with Crippen LogP contribution in [0.4, 0.5) is 0 Å². The zero-order chi connectivity index (χ0) is 35.7. The summed E-state index contributed by atoms with van der Waals surface area (Å²) < 4.78 is 22.3. The summed E-state index contributed by atoms with van der Waals surface area (Å²) in [5, 5.41) is 22.2. The predicted molar refractivity (Wildman–Crippen MR) is 189 cm³/mol. The van der Waals surface area contributed by atoms with Gasteiger partial charge in [0.15, 0.2) is 23.0 Å². The summed E-state index contributed by atoms with van der Waals surface area (Å²) in [5.74, 6) is 2.46. The van der Waals surface area contributed by atoms with Crippen LogP contribution in [0.5, 0.6) is 34.5 Å². The van der Waals surface area contributed by atoms with Crippen LogP contribution < -0.4 is 18.9 Å². The number of hydrogen-bond acceptors (Lipinski definition) is 8. The minimum Gasteiger partial charge on any atom is -0.507 e. The van der Waals surface area contributed by atoms with E-state index >= 15 is 0 Å². The molecule has 2 heterocycles. The smallest absolute Gasteiger partial charge is 0.219 e. The van der Waals surface area contributed by atoms with Gasteiger partial charge in [0.25, 0.3) is 0 Å². The molecule has 2 aliphatic heterocycles. The van der Waals surface area contributed by atoms with Crippen molar-refractivity contribution in [1.29, 1.82) is 0 Å². The van der Waals surface area contributed by atoms with Gasteiger partial charge >= 0.3 is 0 Å². The standard InChI is InChI=1S/C40H44N2O8/c1-23(43)41-13-11-27-19-37(47-3)39(49-5)21-29(27)33(41)17-25-7-9-35(45)31(15-25)32-16-26(8-10-36(32)46)18-34-30-22-40(50-6)38(48-4)20-28(30)12-14-42(34)24(2)44/h7-10,15-16,19-22,33-34,45-46H,11-14,17-18H2,1-6H3. The second kappa shape index (κ2) is 14.2. The maximum absolute atomic E-state index is 12.8. The van der Waals surface area contributed by atoms with Crippen molar-refractivity contribution in [3.8, 4) is 45.6 Å². The van der Waals surface area contributed by atoms with Crippen LogP contribution in [-0.2, 0) is 35.3 Å². The lowest BCUT2D eigenvalue weighted by molar-refractivity contribution is -0.132. The predicted octanol–water partition coefficient (Wildman–Crippen LogP) is 6.18. The van der Waals surface area contributed by atoms with Gasteiger partial charge in [0.05, 0.1) is 40.5 Å². The quantitative estimate of drug-likeness (QED) is 0.216. The molecule has 10 nitrogen and oxygen atoms in total. The average Bonchev–Trinajstić information content (AvgIpc) is 3.11. The Kier molecular flexibility index (Phi) is 9.81. The molecule has 4 aromatic carbocycles. The minimum absolute atomic E-state index is 0.0188. The molecular formula is C40H44N2O8. The maximum Gasteiger partial charge on any atom is 0.219 e. The Hall–Kier alpha value is -5.38. The Morgan fingerprint density at radius 1 is 0.600 bits per heavy atom. The van der Waals surface area contributed by atoms with Crippen LogP contribution in [0.25, 0.3) is 11.1 Å². The van der Waals surface area contributed by atoms with Crippen LogP contribution in [0, 0.1) is 0 Å². The number of benzene rings is 4. The average molecular weight is 681 g/mol. The highest BCUT2D eigenvalue weighted by atomic mass is 16.5. The fraction of sp³-hybridized carbons (Fsp3) is 0.350. The van der Waals surface area contributed by atoms with Gasteiger partial charge < -0.3 is 39.0 Å². The lowest BCUT2D eigenvalue weighted by Gasteiger charge is -2.37. The number of carbonyl (C=O) groups excluding carboxylic acids is 2. The second-order valence-electron chi connectivity index (χ2n) is 12.9. The number of nitrogens with zero attached hydrogens (tertiary/aromatic N) is 2. The van der Waals surface area contributed by atoms with Crippen LogP contribution in [0.3, 0.4) is 0 Å². The highest BCUT2D eigenvalue weighted by molar-refractivity contribution is 5.78. The molecule has 0 saturated heterocycles. The molecule has 0 spiro atoms. The van der Waals surface area contributed by atoms with Crippen molar-refractivity contribution >= 4 is 11.8 Å². The minimum atomic E-state index is -0.270. The molecular weight excluding hydrogens is 636 g/mol. The molecule has 4 aromatic rings. The molecule has 262 valence electrons. The highest BCUT2D eigenvalue weighted by Crippen LogP contribution is 2.43. The topological polar surface area (TPSA) is 118 Å². The molecule has 0 aromatic heterocycles. The molecule has 2 N–H and O–H groups in total. The molecule has 2 unspecified atom stereocenters. The fourth-order valence-electron chi connectivity index (χ4n) is 7.55. The van der Waals surface area contributed by atoms with Crippen molar-refractivity contribution in [3.05, 3.63) is 94.0 Å². The number of phenolic OH excluding ortho intramolecular Hbond substituents is 2. The summed E-state index contributed by atoms with van der Waals surface area (Å²) in [6.45, 7) is 4.29. The van der Waals surface area contributed by atoms with E-state index in [0.29, 0.717) is 72.9 Å². The monoisotopic (exact) mass is 680 g/mol. The molecule has 0 fully saturated rings. The lowest BCUT2D eigenvalue weighted by atomic mass is 9.86. The van der Waals surface area contributed by atoms with Gasteiger partial charge in [-0.2, -0.15) is 0 Å². The molecule has 2 aliphatic rings. The molecule has 10 heteroatoms. The summed E-state index contributed by atoms with van der Waals surface area (Å²) in [6, 6.07) is 18.0. The van der Waals surface area contributed by atoms with Crippen molar-refractivity contribution in [2.45, 2.75) is 51.6 Å². The molecule has 2 atom stereocenters. The summed E-state index contributed by atoms with van der Waals surface area (Å²) in [5.41, 5.74) is 6.86. The molecule has 0 aliphatic carbocycles. The first-order valence-electron chi connectivity index (χ1n) is 16.7. The highest BCUT2D eigenvalue weighted by Gasteiger charge is 2.33. The first-order valence-corrected chi connectivity index (χ1v) is 16.7. The number of carbonyl (C=O) groups is 2. The van der Waals surface area contributed by atoms with Gasteiger partial charge in [0.2, 0.25) is 11.8 Å². The number of methoxy groups -OCH3 is 4. The number of aromatic hydroxyl groups is 2. The van der Waals surface area contributed by atoms with E-state index in [-0.39, 0.29) is 35.4 Å². The molecule has 2 amide bonds. The summed E-state index contributed by atoms with van der Waals surface area (Å²) in [7, 11) is 6.40. The third-order valence-corrected chi connectivity index (χ3v) is 10.1. The van der Waals surface area contributed by atoms with Crippen LogP contribution in [0.1, 0.15) is 59.3 Å². The summed E-state index contributed by atoms with van der Waals surface area (Å²) >= 11 is 0. The van der Waals surface area contributed by atoms with Gasteiger partial charge in [-0.15, -0.1) is 0 Å². The third-order valence-electron chi connectivity index (χ3n) is 10.1. The Morgan fingerprint density at radius 2 is 0.960 bits per heavy atom. The van der Waals surface area contributed by atoms with E-state index in [0.717, 1.165) is 33.4 Å². The third kappa shape index (κ3) is 6.49. The van der Waals surface area contributed by atoms with E-state index < -0.39 is 0 Å². The fourth-order valence-corrected chi connectivity index (χ4v) is 7.55. The molecule has 0 saturated carbocycles. The zero-order valence-corrected chi connectivity index (χ0v) is 29.4. The SMILES string of the molecule is COc1cc2c(cc1OC)C(Cc1ccc(O)c(-c3cc(CC4c5cc(OC)c(OC)cc5CCN4C(C)=O)ccc3O)c1)N(C(C)=O)CC2. The normalized spacial score (nSPS) is 16.7. The van der Waals surface area contributed by atoms with Gasteiger partial charge in [-0.25, -0.2) is 0 Å². The van der Waals surface area contributed by atoms with Gasteiger partial charge in [0, 0.05) is 38.1 Å². The van der Waals surface area contributed by atoms with E-state index in [4.69, 9.17) is 18.9 Å². The Balaban J connectivity index is 1.36. The van der Waals surface area contributed by atoms with Crippen molar-refractivity contribution in [3.63, 3.8) is 0 Å². The van der Waals surface area contributed by atoms with Crippen LogP contribution in [0.15, 0.2) is 60.7 Å². The molecule has 0 radical (unpaired) electrons.